The van der Waals surface area contributed by atoms with Gasteiger partial charge in [-0.05, 0) is 44.7 Å². The lowest BCUT2D eigenvalue weighted by Crippen LogP contribution is -2.44. The van der Waals surface area contributed by atoms with Crippen molar-refractivity contribution in [1.29, 1.82) is 5.41 Å². The number of hydrogen-bond donors (Lipinski definition) is 2. The number of nitrogen functional groups attached to an aromatic ring is 1. The fourth-order valence-corrected chi connectivity index (χ4v) is 2.61. The van der Waals surface area contributed by atoms with Gasteiger partial charge in [0.1, 0.15) is 11.7 Å². The van der Waals surface area contributed by atoms with Crippen LogP contribution in [0.2, 0.25) is 0 Å². The molecule has 0 amide bonds. The van der Waals surface area contributed by atoms with E-state index in [4.69, 9.17) is 11.1 Å². The molecule has 18 heavy (non-hydrogen) atoms. The van der Waals surface area contributed by atoms with E-state index in [1.54, 1.807) is 0 Å². The Morgan fingerprint density at radius 1 is 1.44 bits per heavy atom. The molecule has 1 aromatic heterocycles. The largest absolute Gasteiger partial charge is 0.384 e. The van der Waals surface area contributed by atoms with Gasteiger partial charge in [-0.25, -0.2) is 4.98 Å². The quantitative estimate of drug-likeness (QED) is 0.621. The van der Waals surface area contributed by atoms with Gasteiger partial charge in [0.25, 0.3) is 0 Å². The minimum Gasteiger partial charge on any atom is -0.384 e. The maximum Gasteiger partial charge on any atom is 0.140 e. The van der Waals surface area contributed by atoms with Crippen molar-refractivity contribution in [1.82, 2.24) is 4.98 Å². The molecule has 0 aromatic carbocycles. The fourth-order valence-electron chi connectivity index (χ4n) is 2.61. The van der Waals surface area contributed by atoms with E-state index < -0.39 is 0 Å². The molecule has 2 unspecified atom stereocenters. The standard InChI is InChI=1S/C14H22N4/c1-9-5-4-8-18(11(9)3)14-12(13(15)16)7-6-10(2)17-14/h6-7,9,11H,4-5,8H2,1-3H3,(H3,15,16). The molecule has 98 valence electrons. The van der Waals surface area contributed by atoms with Crippen LogP contribution in [-0.2, 0) is 0 Å². The van der Waals surface area contributed by atoms with E-state index >= 15 is 0 Å². The molecule has 1 aliphatic heterocycles. The number of pyridine rings is 1. The summed E-state index contributed by atoms with van der Waals surface area (Å²) in [4.78, 5) is 6.91. The third-order valence-corrected chi connectivity index (χ3v) is 3.95. The summed E-state index contributed by atoms with van der Waals surface area (Å²) >= 11 is 0. The molecule has 0 aliphatic carbocycles. The van der Waals surface area contributed by atoms with Crippen molar-refractivity contribution in [3.05, 3.63) is 23.4 Å². The number of aryl methyl sites for hydroxylation is 1. The molecule has 3 N–H and O–H groups in total. The van der Waals surface area contributed by atoms with Gasteiger partial charge in [0.15, 0.2) is 0 Å². The van der Waals surface area contributed by atoms with Crippen LogP contribution < -0.4 is 10.6 Å². The van der Waals surface area contributed by atoms with Crippen LogP contribution in [0.4, 0.5) is 5.82 Å². The Labute approximate surface area is 109 Å². The third kappa shape index (κ3) is 2.33. The number of piperidine rings is 1. The van der Waals surface area contributed by atoms with Crippen LogP contribution in [0.1, 0.15) is 37.9 Å². The summed E-state index contributed by atoms with van der Waals surface area (Å²) < 4.78 is 0. The van der Waals surface area contributed by atoms with Crippen molar-refractivity contribution in [3.63, 3.8) is 0 Å². The Morgan fingerprint density at radius 2 is 2.17 bits per heavy atom. The van der Waals surface area contributed by atoms with E-state index in [1.165, 1.54) is 12.8 Å². The number of rotatable bonds is 2. The van der Waals surface area contributed by atoms with Gasteiger partial charge in [0.2, 0.25) is 0 Å². The second-order valence-corrected chi connectivity index (χ2v) is 5.29. The molecule has 0 radical (unpaired) electrons. The number of aromatic nitrogens is 1. The molecule has 1 aliphatic rings. The Morgan fingerprint density at radius 3 is 2.83 bits per heavy atom. The lowest BCUT2D eigenvalue weighted by atomic mass is 9.91. The number of hydrogen-bond acceptors (Lipinski definition) is 3. The molecule has 0 bridgehead atoms. The summed E-state index contributed by atoms with van der Waals surface area (Å²) in [6.07, 6.45) is 2.44. The van der Waals surface area contributed by atoms with Crippen molar-refractivity contribution in [2.45, 2.75) is 39.7 Å². The average Bonchev–Trinajstić information content (AvgIpc) is 2.32. The highest BCUT2D eigenvalue weighted by molar-refractivity contribution is 5.99. The molecule has 4 nitrogen and oxygen atoms in total. The van der Waals surface area contributed by atoms with Crippen LogP contribution in [0.5, 0.6) is 0 Å². The molecule has 4 heteroatoms. The number of amidine groups is 1. The van der Waals surface area contributed by atoms with Crippen molar-refractivity contribution < 1.29 is 0 Å². The Bertz CT molecular complexity index is 455. The van der Waals surface area contributed by atoms with Crippen LogP contribution in [0, 0.1) is 18.3 Å². The van der Waals surface area contributed by atoms with Crippen molar-refractivity contribution in [2.24, 2.45) is 11.7 Å². The summed E-state index contributed by atoms with van der Waals surface area (Å²) in [5, 5.41) is 7.69. The molecule has 2 atom stereocenters. The molecular formula is C14H22N4. The SMILES string of the molecule is Cc1ccc(C(=N)N)c(N2CCCC(C)C2C)n1. The Hall–Kier alpha value is -1.58. The van der Waals surface area contributed by atoms with Crippen molar-refractivity contribution in [2.75, 3.05) is 11.4 Å². The van der Waals surface area contributed by atoms with Crippen molar-refractivity contribution >= 4 is 11.7 Å². The highest BCUT2D eigenvalue weighted by atomic mass is 15.2. The average molecular weight is 246 g/mol. The summed E-state index contributed by atoms with van der Waals surface area (Å²) in [5.41, 5.74) is 7.39. The van der Waals surface area contributed by atoms with E-state index in [0.717, 1.165) is 23.6 Å². The topological polar surface area (TPSA) is 66.0 Å². The minimum atomic E-state index is 0.0999. The first-order valence-electron chi connectivity index (χ1n) is 6.59. The Kier molecular flexibility index (Phi) is 3.55. The van der Waals surface area contributed by atoms with Crippen LogP contribution in [-0.4, -0.2) is 23.4 Å². The van der Waals surface area contributed by atoms with Crippen LogP contribution in [0.3, 0.4) is 0 Å². The van der Waals surface area contributed by atoms with Crippen molar-refractivity contribution in [3.8, 4) is 0 Å². The summed E-state index contributed by atoms with van der Waals surface area (Å²) in [7, 11) is 0. The van der Waals surface area contributed by atoms with Gasteiger partial charge in [-0.2, -0.15) is 0 Å². The zero-order valence-corrected chi connectivity index (χ0v) is 11.4. The maximum atomic E-state index is 7.69. The van der Waals surface area contributed by atoms with Gasteiger partial charge >= 0.3 is 0 Å². The molecule has 0 spiro atoms. The summed E-state index contributed by atoms with van der Waals surface area (Å²) in [6, 6.07) is 4.27. The smallest absolute Gasteiger partial charge is 0.140 e. The lowest BCUT2D eigenvalue weighted by molar-refractivity contribution is 0.361. The summed E-state index contributed by atoms with van der Waals surface area (Å²) in [5.74, 6) is 1.63. The van der Waals surface area contributed by atoms with E-state index in [-0.39, 0.29) is 5.84 Å². The summed E-state index contributed by atoms with van der Waals surface area (Å²) in [6.45, 7) is 7.49. The van der Waals surface area contributed by atoms with Crippen LogP contribution >= 0.6 is 0 Å². The zero-order valence-electron chi connectivity index (χ0n) is 11.4. The highest BCUT2D eigenvalue weighted by Crippen LogP contribution is 2.29. The number of nitrogens with one attached hydrogen (secondary N) is 1. The van der Waals surface area contributed by atoms with E-state index in [0.29, 0.717) is 12.0 Å². The molecule has 1 saturated heterocycles. The first-order valence-corrected chi connectivity index (χ1v) is 6.59. The van der Waals surface area contributed by atoms with E-state index in [1.807, 2.05) is 19.1 Å². The maximum absolute atomic E-state index is 7.69. The molecule has 2 heterocycles. The normalized spacial score (nSPS) is 24.1. The van der Waals surface area contributed by atoms with Gasteiger partial charge in [-0.3, -0.25) is 5.41 Å². The predicted molar refractivity (Wildman–Crippen MR) is 75.2 cm³/mol. The second-order valence-electron chi connectivity index (χ2n) is 5.29. The van der Waals surface area contributed by atoms with E-state index in [2.05, 4.69) is 23.7 Å². The fraction of sp³-hybridized carbons (Fsp3) is 0.571. The monoisotopic (exact) mass is 246 g/mol. The second kappa shape index (κ2) is 4.96. The molecular weight excluding hydrogens is 224 g/mol. The van der Waals surface area contributed by atoms with Crippen LogP contribution in [0.15, 0.2) is 12.1 Å². The third-order valence-electron chi connectivity index (χ3n) is 3.95. The van der Waals surface area contributed by atoms with Gasteiger partial charge in [0, 0.05) is 18.3 Å². The first-order chi connectivity index (χ1) is 8.50. The molecule has 1 aromatic rings. The van der Waals surface area contributed by atoms with Gasteiger partial charge in [-0.1, -0.05) is 6.92 Å². The predicted octanol–water partition coefficient (Wildman–Crippen LogP) is 2.30. The number of nitrogens with zero attached hydrogens (tertiary/aromatic N) is 2. The first kappa shape index (κ1) is 12.9. The Balaban J connectivity index is 2.42. The zero-order chi connectivity index (χ0) is 13.3. The molecule has 1 fully saturated rings. The number of nitrogens with two attached hydrogens (primary N) is 1. The highest BCUT2D eigenvalue weighted by Gasteiger charge is 2.27. The number of anilines is 1. The van der Waals surface area contributed by atoms with Gasteiger partial charge < -0.3 is 10.6 Å². The van der Waals surface area contributed by atoms with E-state index in [9.17, 15) is 0 Å². The molecule has 0 saturated carbocycles. The van der Waals surface area contributed by atoms with Gasteiger partial charge in [-0.15, -0.1) is 0 Å². The lowest BCUT2D eigenvalue weighted by Gasteiger charge is -2.39. The van der Waals surface area contributed by atoms with Crippen LogP contribution in [0.25, 0.3) is 0 Å². The minimum absolute atomic E-state index is 0.0999. The van der Waals surface area contributed by atoms with Gasteiger partial charge in [0.05, 0.1) is 5.56 Å². The molecule has 2 rings (SSSR count).